The fourth-order valence-electron chi connectivity index (χ4n) is 1.40. The van der Waals surface area contributed by atoms with Crippen LogP contribution in [-0.2, 0) is 9.47 Å². The number of carbonyl (C=O) groups is 1. The van der Waals surface area contributed by atoms with Gasteiger partial charge in [0.25, 0.3) is 0 Å². The number of aromatic nitrogens is 1. The number of hydrogen-bond acceptors (Lipinski definition) is 5. The van der Waals surface area contributed by atoms with E-state index in [2.05, 4.69) is 24.6 Å². The number of nitrogens with zero attached hydrogens (tertiary/aromatic N) is 1. The van der Waals surface area contributed by atoms with Crippen molar-refractivity contribution in [1.29, 1.82) is 0 Å². The summed E-state index contributed by atoms with van der Waals surface area (Å²) in [4.78, 5) is 15.7. The average molecular weight is 297 g/mol. The van der Waals surface area contributed by atoms with Gasteiger partial charge in [-0.25, -0.2) is 9.78 Å². The number of pyridine rings is 1. The molecule has 1 aromatic heterocycles. The van der Waals surface area contributed by atoms with Crippen molar-refractivity contribution in [3.05, 3.63) is 23.9 Å². The third kappa shape index (κ3) is 6.16. The lowest BCUT2D eigenvalue weighted by Gasteiger charge is -2.15. The Bertz CT molecular complexity index is 431. The fraction of sp³-hybridized carbons (Fsp3) is 0.571. The second kappa shape index (κ2) is 8.01. The lowest BCUT2D eigenvalue weighted by molar-refractivity contribution is 0.0176. The van der Waals surface area contributed by atoms with E-state index in [1.807, 2.05) is 0 Å². The van der Waals surface area contributed by atoms with E-state index in [0.717, 1.165) is 6.04 Å². The molecule has 112 valence electrons. The maximum absolute atomic E-state index is 11.7. The molecule has 0 saturated heterocycles. The van der Waals surface area contributed by atoms with Gasteiger partial charge in [-0.3, -0.25) is 0 Å². The van der Waals surface area contributed by atoms with Gasteiger partial charge in [0.05, 0.1) is 6.61 Å². The van der Waals surface area contributed by atoms with Crippen LogP contribution in [0.25, 0.3) is 0 Å². The molecule has 0 aromatic carbocycles. The minimum Gasteiger partial charge on any atom is -0.462 e. The van der Waals surface area contributed by atoms with Gasteiger partial charge in [-0.1, -0.05) is 19.6 Å². The Kier molecular flexibility index (Phi) is 6.67. The summed E-state index contributed by atoms with van der Waals surface area (Å²) in [5, 5.41) is 0. The van der Waals surface area contributed by atoms with E-state index in [9.17, 15) is 4.79 Å². The van der Waals surface area contributed by atoms with Gasteiger partial charge in [0.2, 0.25) is 5.88 Å². The van der Waals surface area contributed by atoms with Gasteiger partial charge in [-0.05, 0) is 25.1 Å². The first-order valence-corrected chi connectivity index (χ1v) is 10.5. The maximum Gasteiger partial charge on any atom is 0.343 e. The van der Waals surface area contributed by atoms with Gasteiger partial charge in [0.15, 0.2) is 6.79 Å². The molecule has 0 spiro atoms. The molecule has 0 aliphatic rings. The van der Waals surface area contributed by atoms with E-state index >= 15 is 0 Å². The van der Waals surface area contributed by atoms with E-state index in [-0.39, 0.29) is 12.7 Å². The van der Waals surface area contributed by atoms with E-state index < -0.39 is 14.0 Å². The quantitative estimate of drug-likeness (QED) is 0.319. The smallest absolute Gasteiger partial charge is 0.343 e. The predicted molar refractivity (Wildman–Crippen MR) is 79.8 cm³/mol. The summed E-state index contributed by atoms with van der Waals surface area (Å²) < 4.78 is 15.8. The van der Waals surface area contributed by atoms with Crippen molar-refractivity contribution in [3.8, 4) is 5.88 Å². The molecule has 6 heteroatoms. The SMILES string of the molecule is CCOC(=O)c1cccnc1OCOCC[Si](C)(C)C. The first kappa shape index (κ1) is 16.7. The molecule has 0 aliphatic heterocycles. The summed E-state index contributed by atoms with van der Waals surface area (Å²) >= 11 is 0. The highest BCUT2D eigenvalue weighted by Gasteiger charge is 2.15. The van der Waals surface area contributed by atoms with Gasteiger partial charge in [0.1, 0.15) is 5.56 Å². The van der Waals surface area contributed by atoms with E-state index in [4.69, 9.17) is 14.2 Å². The molecule has 20 heavy (non-hydrogen) atoms. The molecule has 0 saturated carbocycles. The lowest BCUT2D eigenvalue weighted by Crippen LogP contribution is -2.22. The van der Waals surface area contributed by atoms with Crippen molar-refractivity contribution in [2.45, 2.75) is 32.6 Å². The summed E-state index contributed by atoms with van der Waals surface area (Å²) in [6.07, 6.45) is 1.57. The van der Waals surface area contributed by atoms with Crippen LogP contribution < -0.4 is 4.74 Å². The lowest BCUT2D eigenvalue weighted by atomic mass is 10.3. The molecular formula is C14H23NO4Si. The van der Waals surface area contributed by atoms with Crippen molar-refractivity contribution in [2.24, 2.45) is 0 Å². The van der Waals surface area contributed by atoms with Gasteiger partial charge >= 0.3 is 5.97 Å². The van der Waals surface area contributed by atoms with Crippen molar-refractivity contribution in [1.82, 2.24) is 4.98 Å². The van der Waals surface area contributed by atoms with Crippen molar-refractivity contribution in [3.63, 3.8) is 0 Å². The standard InChI is InChI=1S/C14H23NO4Si/c1-5-18-14(16)12-7-6-8-15-13(12)19-11-17-9-10-20(2,3)4/h6-8H,5,9-11H2,1-4H3. The van der Waals surface area contributed by atoms with Gasteiger partial charge < -0.3 is 14.2 Å². The Morgan fingerprint density at radius 3 is 2.75 bits per heavy atom. The largest absolute Gasteiger partial charge is 0.462 e. The molecule has 0 atom stereocenters. The van der Waals surface area contributed by atoms with Gasteiger partial charge in [0, 0.05) is 20.9 Å². The Labute approximate surface area is 121 Å². The first-order chi connectivity index (χ1) is 9.44. The monoisotopic (exact) mass is 297 g/mol. The van der Waals surface area contributed by atoms with E-state index in [1.54, 1.807) is 25.3 Å². The Hall–Kier alpha value is -1.40. The molecule has 0 unspecified atom stereocenters. The molecule has 1 rings (SSSR count). The van der Waals surface area contributed by atoms with E-state index in [0.29, 0.717) is 18.8 Å². The van der Waals surface area contributed by atoms with Crippen molar-refractivity contribution in [2.75, 3.05) is 20.0 Å². The van der Waals surface area contributed by atoms with Crippen LogP contribution in [0, 0.1) is 0 Å². The van der Waals surface area contributed by atoms with Crippen molar-refractivity contribution >= 4 is 14.0 Å². The Morgan fingerprint density at radius 2 is 2.10 bits per heavy atom. The zero-order chi connectivity index (χ0) is 15.0. The summed E-state index contributed by atoms with van der Waals surface area (Å²) in [6.45, 7) is 9.69. The van der Waals surface area contributed by atoms with Crippen LogP contribution in [0.1, 0.15) is 17.3 Å². The molecule has 5 nitrogen and oxygen atoms in total. The highest BCUT2D eigenvalue weighted by atomic mass is 28.3. The highest BCUT2D eigenvalue weighted by Crippen LogP contribution is 2.15. The molecule has 1 aromatic rings. The van der Waals surface area contributed by atoms with Crippen LogP contribution in [0.15, 0.2) is 18.3 Å². The van der Waals surface area contributed by atoms with Crippen LogP contribution in [0.2, 0.25) is 25.7 Å². The van der Waals surface area contributed by atoms with E-state index in [1.165, 1.54) is 0 Å². The molecule has 0 aliphatic carbocycles. The molecular weight excluding hydrogens is 274 g/mol. The predicted octanol–water partition coefficient (Wildman–Crippen LogP) is 2.95. The van der Waals surface area contributed by atoms with Gasteiger partial charge in [-0.15, -0.1) is 0 Å². The van der Waals surface area contributed by atoms with Gasteiger partial charge in [-0.2, -0.15) is 0 Å². The third-order valence-corrected chi connectivity index (χ3v) is 4.25. The fourth-order valence-corrected chi connectivity index (χ4v) is 2.16. The Balaban J connectivity index is 2.46. The first-order valence-electron chi connectivity index (χ1n) is 6.76. The zero-order valence-corrected chi connectivity index (χ0v) is 13.6. The highest BCUT2D eigenvalue weighted by molar-refractivity contribution is 6.76. The van der Waals surface area contributed by atoms with Crippen LogP contribution in [-0.4, -0.2) is 39.0 Å². The minimum atomic E-state index is -1.10. The molecule has 0 bridgehead atoms. The summed E-state index contributed by atoms with van der Waals surface area (Å²) in [5.74, 6) is -0.184. The minimum absolute atomic E-state index is 0.0912. The van der Waals surface area contributed by atoms with Crippen LogP contribution in [0.4, 0.5) is 0 Å². The number of hydrogen-bond donors (Lipinski definition) is 0. The summed E-state index contributed by atoms with van der Waals surface area (Å²) in [7, 11) is -1.10. The third-order valence-electron chi connectivity index (χ3n) is 2.54. The summed E-state index contributed by atoms with van der Waals surface area (Å²) in [5.41, 5.74) is 0.322. The molecule has 1 heterocycles. The summed E-state index contributed by atoms with van der Waals surface area (Å²) in [6, 6.07) is 4.37. The van der Waals surface area contributed by atoms with Crippen LogP contribution in [0.5, 0.6) is 5.88 Å². The second-order valence-electron chi connectivity index (χ2n) is 5.56. The van der Waals surface area contributed by atoms with Crippen molar-refractivity contribution < 1.29 is 19.0 Å². The normalized spacial score (nSPS) is 11.2. The number of rotatable bonds is 8. The average Bonchev–Trinajstić information content (AvgIpc) is 2.38. The molecule has 0 fully saturated rings. The zero-order valence-electron chi connectivity index (χ0n) is 12.6. The van der Waals surface area contributed by atoms with Crippen LogP contribution >= 0.6 is 0 Å². The topological polar surface area (TPSA) is 57.7 Å². The molecule has 0 radical (unpaired) electrons. The molecule has 0 amide bonds. The van der Waals surface area contributed by atoms with Crippen LogP contribution in [0.3, 0.4) is 0 Å². The number of carbonyl (C=O) groups excluding carboxylic acids is 1. The number of esters is 1. The second-order valence-corrected chi connectivity index (χ2v) is 11.2. The molecule has 0 N–H and O–H groups in total. The number of ether oxygens (including phenoxy) is 3. The maximum atomic E-state index is 11.7. The Morgan fingerprint density at radius 1 is 1.35 bits per heavy atom.